The molecule has 1 aromatic heterocycles. The van der Waals surface area contributed by atoms with Crippen LogP contribution in [0, 0.1) is 10.1 Å². The second-order valence-electron chi connectivity index (χ2n) is 5.58. The molecule has 5 nitrogen and oxygen atoms in total. The lowest BCUT2D eigenvalue weighted by Gasteiger charge is -2.10. The van der Waals surface area contributed by atoms with E-state index in [9.17, 15) is 10.1 Å². The molecule has 5 heteroatoms. The van der Waals surface area contributed by atoms with Crippen LogP contribution in [0.25, 0.3) is 33.5 Å². The zero-order chi connectivity index (χ0) is 17.2. The molecular weight excluding hydrogens is 314 g/mol. The number of nitro groups is 1. The predicted molar refractivity (Wildman–Crippen MR) is 97.1 cm³/mol. The van der Waals surface area contributed by atoms with E-state index in [0.29, 0.717) is 17.0 Å². The standard InChI is InChI=1S/C20H13N3O2/c24-23(25)16-10-6-9-15(13-16)20-19(14-7-2-1-3-8-14)21-17-11-4-5-12-18(17)22-20/h1-13H. The first-order valence-electron chi connectivity index (χ1n) is 7.79. The Balaban J connectivity index is 2.01. The van der Waals surface area contributed by atoms with Crippen molar-refractivity contribution in [1.29, 1.82) is 0 Å². The average molecular weight is 327 g/mol. The van der Waals surface area contributed by atoms with Gasteiger partial charge in [0.15, 0.2) is 0 Å². The van der Waals surface area contributed by atoms with Gasteiger partial charge in [0.25, 0.3) is 5.69 Å². The second-order valence-corrected chi connectivity index (χ2v) is 5.58. The van der Waals surface area contributed by atoms with Crippen LogP contribution in [-0.4, -0.2) is 14.9 Å². The van der Waals surface area contributed by atoms with E-state index in [1.54, 1.807) is 6.07 Å². The zero-order valence-corrected chi connectivity index (χ0v) is 13.2. The summed E-state index contributed by atoms with van der Waals surface area (Å²) in [6.45, 7) is 0. The molecule has 0 spiro atoms. The molecule has 0 aliphatic carbocycles. The van der Waals surface area contributed by atoms with Crippen LogP contribution in [0.15, 0.2) is 78.9 Å². The number of nitro benzene ring substituents is 1. The van der Waals surface area contributed by atoms with E-state index in [-0.39, 0.29) is 5.69 Å². The van der Waals surface area contributed by atoms with Crippen LogP contribution in [0.2, 0.25) is 0 Å². The fraction of sp³-hybridized carbons (Fsp3) is 0. The summed E-state index contributed by atoms with van der Waals surface area (Å²) in [5, 5.41) is 11.1. The van der Waals surface area contributed by atoms with Crippen molar-refractivity contribution >= 4 is 16.7 Å². The number of non-ortho nitro benzene ring substituents is 1. The van der Waals surface area contributed by atoms with E-state index in [1.807, 2.05) is 60.7 Å². The smallest absolute Gasteiger partial charge is 0.258 e. The first kappa shape index (κ1) is 15.0. The largest absolute Gasteiger partial charge is 0.270 e. The summed E-state index contributed by atoms with van der Waals surface area (Å²) in [4.78, 5) is 20.2. The average Bonchev–Trinajstić information content (AvgIpc) is 2.67. The van der Waals surface area contributed by atoms with Crippen molar-refractivity contribution in [3.05, 3.63) is 89.0 Å². The molecule has 0 fully saturated rings. The summed E-state index contributed by atoms with van der Waals surface area (Å²) < 4.78 is 0. The molecule has 1 heterocycles. The fourth-order valence-corrected chi connectivity index (χ4v) is 2.77. The zero-order valence-electron chi connectivity index (χ0n) is 13.2. The molecule has 0 saturated heterocycles. The van der Waals surface area contributed by atoms with Gasteiger partial charge in [-0.1, -0.05) is 54.6 Å². The molecule has 4 rings (SSSR count). The fourth-order valence-electron chi connectivity index (χ4n) is 2.77. The van der Waals surface area contributed by atoms with Crippen molar-refractivity contribution in [2.45, 2.75) is 0 Å². The van der Waals surface area contributed by atoms with Crippen molar-refractivity contribution in [2.24, 2.45) is 0 Å². The highest BCUT2D eigenvalue weighted by Crippen LogP contribution is 2.32. The van der Waals surface area contributed by atoms with Gasteiger partial charge in [-0.25, -0.2) is 9.97 Å². The third kappa shape index (κ3) is 2.83. The Morgan fingerprint density at radius 3 is 1.88 bits per heavy atom. The van der Waals surface area contributed by atoms with Crippen molar-refractivity contribution < 1.29 is 4.92 Å². The van der Waals surface area contributed by atoms with E-state index < -0.39 is 4.92 Å². The van der Waals surface area contributed by atoms with Crippen LogP contribution in [0.1, 0.15) is 0 Å². The molecule has 120 valence electrons. The Kier molecular flexibility index (Phi) is 3.67. The highest BCUT2D eigenvalue weighted by atomic mass is 16.6. The van der Waals surface area contributed by atoms with Crippen molar-refractivity contribution in [1.82, 2.24) is 9.97 Å². The molecule has 0 unspecified atom stereocenters. The molecule has 0 bridgehead atoms. The number of rotatable bonds is 3. The predicted octanol–water partition coefficient (Wildman–Crippen LogP) is 4.87. The Hall–Kier alpha value is -3.60. The van der Waals surface area contributed by atoms with E-state index in [2.05, 4.69) is 0 Å². The lowest BCUT2D eigenvalue weighted by molar-refractivity contribution is -0.384. The SMILES string of the molecule is O=[N+]([O-])c1cccc(-c2nc3ccccc3nc2-c2ccccc2)c1. The lowest BCUT2D eigenvalue weighted by atomic mass is 10.0. The van der Waals surface area contributed by atoms with Gasteiger partial charge in [-0.05, 0) is 12.1 Å². The van der Waals surface area contributed by atoms with Gasteiger partial charge in [0.05, 0.1) is 27.3 Å². The van der Waals surface area contributed by atoms with Crippen molar-refractivity contribution in [2.75, 3.05) is 0 Å². The molecule has 0 aliphatic heterocycles. The number of benzene rings is 3. The van der Waals surface area contributed by atoms with Crippen LogP contribution in [-0.2, 0) is 0 Å². The minimum Gasteiger partial charge on any atom is -0.258 e. The van der Waals surface area contributed by atoms with Gasteiger partial charge in [0.1, 0.15) is 0 Å². The Morgan fingerprint density at radius 2 is 1.24 bits per heavy atom. The maximum Gasteiger partial charge on any atom is 0.270 e. The van der Waals surface area contributed by atoms with Crippen LogP contribution in [0.3, 0.4) is 0 Å². The lowest BCUT2D eigenvalue weighted by Crippen LogP contribution is -1.96. The van der Waals surface area contributed by atoms with E-state index in [1.165, 1.54) is 12.1 Å². The molecular formula is C20H13N3O2. The van der Waals surface area contributed by atoms with E-state index in [0.717, 1.165) is 16.6 Å². The Labute approximate surface area is 143 Å². The van der Waals surface area contributed by atoms with Crippen LogP contribution in [0.4, 0.5) is 5.69 Å². The number of hydrogen-bond donors (Lipinski definition) is 0. The van der Waals surface area contributed by atoms with Crippen molar-refractivity contribution in [3.63, 3.8) is 0 Å². The Morgan fingerprint density at radius 1 is 0.680 bits per heavy atom. The molecule has 4 aromatic rings. The second kappa shape index (κ2) is 6.13. The monoisotopic (exact) mass is 327 g/mol. The minimum atomic E-state index is -0.403. The summed E-state index contributed by atoms with van der Waals surface area (Å²) in [5.74, 6) is 0. The quantitative estimate of drug-likeness (QED) is 0.397. The van der Waals surface area contributed by atoms with Gasteiger partial charge in [-0.2, -0.15) is 0 Å². The first-order valence-corrected chi connectivity index (χ1v) is 7.79. The molecule has 25 heavy (non-hydrogen) atoms. The topological polar surface area (TPSA) is 68.9 Å². The third-order valence-electron chi connectivity index (χ3n) is 3.95. The summed E-state index contributed by atoms with van der Waals surface area (Å²) in [6, 6.07) is 23.8. The van der Waals surface area contributed by atoms with Gasteiger partial charge in [0, 0.05) is 23.3 Å². The van der Waals surface area contributed by atoms with Gasteiger partial charge < -0.3 is 0 Å². The molecule has 0 N–H and O–H groups in total. The molecule has 0 amide bonds. The van der Waals surface area contributed by atoms with Crippen LogP contribution >= 0.6 is 0 Å². The Bertz CT molecular complexity index is 1080. The summed E-state index contributed by atoms with van der Waals surface area (Å²) >= 11 is 0. The summed E-state index contributed by atoms with van der Waals surface area (Å²) in [7, 11) is 0. The first-order chi connectivity index (χ1) is 12.2. The number of para-hydroxylation sites is 2. The van der Waals surface area contributed by atoms with Gasteiger partial charge in [0.2, 0.25) is 0 Å². The third-order valence-corrected chi connectivity index (χ3v) is 3.95. The highest BCUT2D eigenvalue weighted by Gasteiger charge is 2.15. The summed E-state index contributed by atoms with van der Waals surface area (Å²) in [6.07, 6.45) is 0. The van der Waals surface area contributed by atoms with Crippen LogP contribution < -0.4 is 0 Å². The van der Waals surface area contributed by atoms with Crippen LogP contribution in [0.5, 0.6) is 0 Å². The number of aromatic nitrogens is 2. The normalized spacial score (nSPS) is 10.7. The maximum atomic E-state index is 11.1. The molecule has 0 saturated carbocycles. The number of fused-ring (bicyclic) bond motifs is 1. The highest BCUT2D eigenvalue weighted by molar-refractivity contribution is 5.86. The minimum absolute atomic E-state index is 0.0338. The number of nitrogens with zero attached hydrogens (tertiary/aromatic N) is 3. The van der Waals surface area contributed by atoms with Gasteiger partial charge in [-0.3, -0.25) is 10.1 Å². The number of hydrogen-bond acceptors (Lipinski definition) is 4. The van der Waals surface area contributed by atoms with E-state index in [4.69, 9.17) is 9.97 Å². The molecule has 0 atom stereocenters. The summed E-state index contributed by atoms with van der Waals surface area (Å²) in [5.41, 5.74) is 4.51. The van der Waals surface area contributed by atoms with E-state index >= 15 is 0 Å². The van der Waals surface area contributed by atoms with Gasteiger partial charge >= 0.3 is 0 Å². The molecule has 0 aliphatic rings. The van der Waals surface area contributed by atoms with Crippen molar-refractivity contribution in [3.8, 4) is 22.5 Å². The van der Waals surface area contributed by atoms with Gasteiger partial charge in [-0.15, -0.1) is 0 Å². The maximum absolute atomic E-state index is 11.1. The molecule has 3 aromatic carbocycles. The molecule has 0 radical (unpaired) electrons.